The molecule has 8 heteroatoms. The number of aromatic nitrogens is 4. The number of carbonyl (C=O) groups is 2. The van der Waals surface area contributed by atoms with Crippen molar-refractivity contribution in [2.75, 3.05) is 11.1 Å². The van der Waals surface area contributed by atoms with Crippen molar-refractivity contribution in [1.29, 1.82) is 0 Å². The largest absolute Gasteiger partial charge is 0.326 e. The third kappa shape index (κ3) is 4.39. The highest BCUT2D eigenvalue weighted by molar-refractivity contribution is 7.99. The van der Waals surface area contributed by atoms with Crippen molar-refractivity contribution in [1.82, 2.24) is 20.2 Å². The Labute approximate surface area is 132 Å². The first-order valence-electron chi connectivity index (χ1n) is 6.88. The maximum absolute atomic E-state index is 12.1. The quantitative estimate of drug-likeness (QED) is 0.619. The number of carbonyl (C=O) groups excluding carboxylic acids is 2. The SMILES string of the molecule is CCCC(=O)Nc1ccc(C(=O)CSc2nnnn2C)cc1. The first-order valence-corrected chi connectivity index (χ1v) is 7.87. The maximum Gasteiger partial charge on any atom is 0.224 e. The molecule has 1 aromatic heterocycles. The molecule has 1 heterocycles. The summed E-state index contributed by atoms with van der Waals surface area (Å²) in [5.41, 5.74) is 1.29. The van der Waals surface area contributed by atoms with Gasteiger partial charge in [-0.2, -0.15) is 0 Å². The summed E-state index contributed by atoms with van der Waals surface area (Å²) in [6.07, 6.45) is 1.29. The van der Waals surface area contributed by atoms with Crippen LogP contribution < -0.4 is 5.32 Å². The van der Waals surface area contributed by atoms with Gasteiger partial charge in [-0.1, -0.05) is 18.7 Å². The van der Waals surface area contributed by atoms with Crippen LogP contribution >= 0.6 is 11.8 Å². The Morgan fingerprint density at radius 1 is 1.27 bits per heavy atom. The molecule has 0 fully saturated rings. The first-order chi connectivity index (χ1) is 10.6. The number of anilines is 1. The van der Waals surface area contributed by atoms with Gasteiger partial charge in [0.1, 0.15) is 0 Å². The summed E-state index contributed by atoms with van der Waals surface area (Å²) >= 11 is 1.29. The summed E-state index contributed by atoms with van der Waals surface area (Å²) in [4.78, 5) is 23.6. The fraction of sp³-hybridized carbons (Fsp3) is 0.357. The number of hydrogen-bond donors (Lipinski definition) is 1. The molecule has 0 spiro atoms. The van der Waals surface area contributed by atoms with Gasteiger partial charge in [-0.3, -0.25) is 9.59 Å². The van der Waals surface area contributed by atoms with Gasteiger partial charge in [-0.15, -0.1) is 5.10 Å². The molecule has 0 bridgehead atoms. The van der Waals surface area contributed by atoms with Crippen LogP contribution in [0.3, 0.4) is 0 Å². The number of benzene rings is 1. The standard InChI is InChI=1S/C14H17N5O2S/c1-3-4-13(21)15-11-7-5-10(6-8-11)12(20)9-22-14-16-17-18-19(14)2/h5-8H,3-4,9H2,1-2H3,(H,15,21). The molecule has 1 amide bonds. The van der Waals surface area contributed by atoms with Gasteiger partial charge in [-0.25, -0.2) is 4.68 Å². The van der Waals surface area contributed by atoms with E-state index < -0.39 is 0 Å². The highest BCUT2D eigenvalue weighted by atomic mass is 32.2. The van der Waals surface area contributed by atoms with E-state index in [-0.39, 0.29) is 17.4 Å². The third-order valence-electron chi connectivity index (χ3n) is 2.88. The molecule has 0 saturated heterocycles. The molecule has 116 valence electrons. The maximum atomic E-state index is 12.1. The second-order valence-corrected chi connectivity index (χ2v) is 5.61. The molecule has 0 aliphatic rings. The van der Waals surface area contributed by atoms with Crippen molar-refractivity contribution < 1.29 is 9.59 Å². The van der Waals surface area contributed by atoms with E-state index in [1.165, 1.54) is 16.4 Å². The molecule has 0 aliphatic heterocycles. The Hall–Kier alpha value is -2.22. The zero-order chi connectivity index (χ0) is 15.9. The van der Waals surface area contributed by atoms with Crippen molar-refractivity contribution in [2.45, 2.75) is 24.9 Å². The number of thioether (sulfide) groups is 1. The molecular weight excluding hydrogens is 302 g/mol. The second-order valence-electron chi connectivity index (χ2n) is 4.67. The molecule has 0 atom stereocenters. The molecular formula is C14H17N5O2S. The van der Waals surface area contributed by atoms with E-state index in [0.717, 1.165) is 6.42 Å². The Bertz CT molecular complexity index is 654. The Balaban J connectivity index is 1.90. The van der Waals surface area contributed by atoms with Crippen LogP contribution in [-0.4, -0.2) is 37.7 Å². The number of nitrogens with one attached hydrogen (secondary N) is 1. The van der Waals surface area contributed by atoms with E-state index in [1.807, 2.05) is 6.92 Å². The summed E-state index contributed by atoms with van der Waals surface area (Å²) in [7, 11) is 1.72. The lowest BCUT2D eigenvalue weighted by Crippen LogP contribution is -2.11. The smallest absolute Gasteiger partial charge is 0.224 e. The van der Waals surface area contributed by atoms with Crippen molar-refractivity contribution in [3.8, 4) is 0 Å². The van der Waals surface area contributed by atoms with Gasteiger partial charge in [0.25, 0.3) is 0 Å². The van der Waals surface area contributed by atoms with Gasteiger partial charge in [0.05, 0.1) is 5.75 Å². The van der Waals surface area contributed by atoms with Crippen molar-refractivity contribution in [3.63, 3.8) is 0 Å². The molecule has 7 nitrogen and oxygen atoms in total. The average molecular weight is 319 g/mol. The van der Waals surface area contributed by atoms with Crippen LogP contribution in [0.15, 0.2) is 29.4 Å². The topological polar surface area (TPSA) is 89.8 Å². The lowest BCUT2D eigenvalue weighted by molar-refractivity contribution is -0.116. The highest BCUT2D eigenvalue weighted by Gasteiger charge is 2.10. The first kappa shape index (κ1) is 16.2. The van der Waals surface area contributed by atoms with Gasteiger partial charge >= 0.3 is 0 Å². The number of aryl methyl sites for hydroxylation is 1. The number of ketones is 1. The predicted molar refractivity (Wildman–Crippen MR) is 83.8 cm³/mol. The van der Waals surface area contributed by atoms with Crippen LogP contribution in [0.2, 0.25) is 0 Å². The normalized spacial score (nSPS) is 10.5. The number of amides is 1. The Morgan fingerprint density at radius 3 is 2.59 bits per heavy atom. The van der Waals surface area contributed by atoms with Crippen LogP contribution in [0, 0.1) is 0 Å². The monoisotopic (exact) mass is 319 g/mol. The number of hydrogen-bond acceptors (Lipinski definition) is 6. The lowest BCUT2D eigenvalue weighted by atomic mass is 10.1. The molecule has 0 aliphatic carbocycles. The minimum absolute atomic E-state index is 0.0144. The molecule has 2 rings (SSSR count). The van der Waals surface area contributed by atoms with Crippen LogP contribution in [0.4, 0.5) is 5.69 Å². The minimum Gasteiger partial charge on any atom is -0.326 e. The summed E-state index contributed by atoms with van der Waals surface area (Å²) in [5, 5.41) is 14.4. The minimum atomic E-state index is -0.0214. The van der Waals surface area contributed by atoms with Crippen LogP contribution in [0.25, 0.3) is 0 Å². The van der Waals surface area contributed by atoms with Crippen molar-refractivity contribution in [3.05, 3.63) is 29.8 Å². The summed E-state index contributed by atoms with van der Waals surface area (Å²) in [6, 6.07) is 6.88. The molecule has 1 aromatic carbocycles. The second kappa shape index (κ2) is 7.69. The number of Topliss-reactive ketones (excluding diaryl/α,β-unsaturated/α-hetero) is 1. The Morgan fingerprint density at radius 2 is 2.00 bits per heavy atom. The van der Waals surface area contributed by atoms with E-state index in [2.05, 4.69) is 20.8 Å². The van der Waals surface area contributed by atoms with Gasteiger partial charge < -0.3 is 5.32 Å². The number of tetrazole rings is 1. The van der Waals surface area contributed by atoms with Gasteiger partial charge in [-0.05, 0) is 41.1 Å². The Kier molecular flexibility index (Phi) is 5.65. The zero-order valence-corrected chi connectivity index (χ0v) is 13.3. The van der Waals surface area contributed by atoms with E-state index in [9.17, 15) is 9.59 Å². The highest BCUT2D eigenvalue weighted by Crippen LogP contribution is 2.16. The summed E-state index contributed by atoms with van der Waals surface area (Å²) in [6.45, 7) is 1.95. The average Bonchev–Trinajstić information content (AvgIpc) is 2.91. The molecule has 0 unspecified atom stereocenters. The van der Waals surface area contributed by atoms with Gasteiger partial charge in [0, 0.05) is 24.7 Å². The van der Waals surface area contributed by atoms with Gasteiger partial charge in [0.2, 0.25) is 11.1 Å². The summed E-state index contributed by atoms with van der Waals surface area (Å²) in [5.74, 6) is 0.224. The van der Waals surface area contributed by atoms with Crippen LogP contribution in [0.5, 0.6) is 0 Å². The van der Waals surface area contributed by atoms with E-state index in [1.54, 1.807) is 31.3 Å². The fourth-order valence-corrected chi connectivity index (χ4v) is 2.49. The third-order valence-corrected chi connectivity index (χ3v) is 3.89. The fourth-order valence-electron chi connectivity index (χ4n) is 1.75. The lowest BCUT2D eigenvalue weighted by Gasteiger charge is -2.05. The van der Waals surface area contributed by atoms with Crippen LogP contribution in [0.1, 0.15) is 30.1 Å². The summed E-state index contributed by atoms with van der Waals surface area (Å²) < 4.78 is 1.52. The van der Waals surface area contributed by atoms with Crippen molar-refractivity contribution in [2.24, 2.45) is 7.05 Å². The molecule has 0 saturated carbocycles. The van der Waals surface area contributed by atoms with E-state index in [0.29, 0.717) is 22.8 Å². The molecule has 0 radical (unpaired) electrons. The van der Waals surface area contributed by atoms with Crippen LogP contribution in [-0.2, 0) is 11.8 Å². The molecule has 1 N–H and O–H groups in total. The zero-order valence-electron chi connectivity index (χ0n) is 12.4. The number of nitrogens with zero attached hydrogens (tertiary/aromatic N) is 4. The van der Waals surface area contributed by atoms with E-state index >= 15 is 0 Å². The molecule has 22 heavy (non-hydrogen) atoms. The predicted octanol–water partition coefficient (Wildman–Crippen LogP) is 1.92. The van der Waals surface area contributed by atoms with Gasteiger partial charge in [0.15, 0.2) is 5.78 Å². The number of rotatable bonds is 7. The van der Waals surface area contributed by atoms with E-state index in [4.69, 9.17) is 0 Å². The molecule has 2 aromatic rings. The van der Waals surface area contributed by atoms with Crippen molar-refractivity contribution >= 4 is 29.1 Å².